The molecule has 5 nitrogen and oxygen atoms in total. The van der Waals surface area contributed by atoms with Gasteiger partial charge in [-0.2, -0.15) is 0 Å². The second-order valence-electron chi connectivity index (χ2n) is 6.83. The number of aromatic nitrogens is 2. The molecule has 1 aliphatic carbocycles. The molecule has 1 N–H and O–H groups in total. The number of carbonyl (C=O) groups excluding carboxylic acids is 1. The van der Waals surface area contributed by atoms with Gasteiger partial charge < -0.3 is 5.32 Å². The lowest BCUT2D eigenvalue weighted by molar-refractivity contribution is -0.120. The van der Waals surface area contributed by atoms with Crippen molar-refractivity contribution < 1.29 is 4.79 Å². The van der Waals surface area contributed by atoms with Gasteiger partial charge in [0, 0.05) is 17.5 Å². The van der Waals surface area contributed by atoms with Crippen LogP contribution < -0.4 is 10.9 Å². The Morgan fingerprint density at radius 1 is 1.43 bits per heavy atom. The number of hydrogen-bond acceptors (Lipinski definition) is 5. The number of hydrogen-bond donors (Lipinski definition) is 1. The van der Waals surface area contributed by atoms with Gasteiger partial charge in [-0.15, -0.1) is 17.9 Å². The van der Waals surface area contributed by atoms with Crippen molar-refractivity contribution in [2.45, 2.75) is 42.8 Å². The minimum absolute atomic E-state index is 0.0118. The van der Waals surface area contributed by atoms with Crippen LogP contribution in [0.25, 0.3) is 20.7 Å². The number of allylic oxidation sites excluding steroid dienone is 1. The first-order valence-electron chi connectivity index (χ1n) is 9.24. The Kier molecular flexibility index (Phi) is 5.37. The number of thioether (sulfide) groups is 1. The van der Waals surface area contributed by atoms with Gasteiger partial charge in [0.2, 0.25) is 5.91 Å². The largest absolute Gasteiger partial charge is 0.352 e. The highest BCUT2D eigenvalue weighted by molar-refractivity contribution is 8.00. The van der Waals surface area contributed by atoms with Crippen molar-refractivity contribution in [3.63, 3.8) is 0 Å². The molecule has 1 fully saturated rings. The number of thiophene rings is 1. The monoisotopic (exact) mass is 411 g/mol. The predicted octanol–water partition coefficient (Wildman–Crippen LogP) is 4.07. The summed E-state index contributed by atoms with van der Waals surface area (Å²) in [7, 11) is 0. The molecule has 0 saturated heterocycles. The molecule has 0 unspecified atom stereocenters. The summed E-state index contributed by atoms with van der Waals surface area (Å²) in [5.74, 6) is -0.0118. The van der Waals surface area contributed by atoms with Crippen molar-refractivity contribution in [1.82, 2.24) is 14.9 Å². The van der Waals surface area contributed by atoms with Gasteiger partial charge in [0.25, 0.3) is 5.56 Å². The van der Waals surface area contributed by atoms with Gasteiger partial charge in [0.1, 0.15) is 4.70 Å². The molecule has 1 aliphatic rings. The first kappa shape index (κ1) is 19.0. The van der Waals surface area contributed by atoms with Crippen LogP contribution in [-0.4, -0.2) is 26.8 Å². The zero-order valence-corrected chi connectivity index (χ0v) is 17.2. The number of carbonyl (C=O) groups is 1. The number of rotatable bonds is 7. The molecule has 4 rings (SSSR count). The number of nitrogens with zero attached hydrogens (tertiary/aromatic N) is 2. The van der Waals surface area contributed by atoms with Crippen LogP contribution in [0.5, 0.6) is 0 Å². The van der Waals surface area contributed by atoms with Crippen molar-refractivity contribution in [2.24, 2.45) is 0 Å². The highest BCUT2D eigenvalue weighted by Crippen LogP contribution is 2.32. The second kappa shape index (κ2) is 7.93. The van der Waals surface area contributed by atoms with Gasteiger partial charge in [-0.1, -0.05) is 48.2 Å². The Labute approximate surface area is 171 Å². The summed E-state index contributed by atoms with van der Waals surface area (Å²) in [6, 6.07) is 12.2. The van der Waals surface area contributed by atoms with Crippen LogP contribution in [0.4, 0.5) is 0 Å². The first-order chi connectivity index (χ1) is 13.6. The van der Waals surface area contributed by atoms with Crippen molar-refractivity contribution in [3.05, 3.63) is 59.4 Å². The van der Waals surface area contributed by atoms with Crippen LogP contribution in [0.2, 0.25) is 0 Å². The van der Waals surface area contributed by atoms with E-state index in [1.807, 2.05) is 43.3 Å². The molecule has 0 spiro atoms. The standard InChI is InChI=1S/C21H21N3O2S2/c1-3-11-24-20(26)18-16(12-17(28-18)14-7-5-4-6-8-14)23-21(24)27-13(2)19(25)22-15-9-10-15/h3-8,12-13,15H,1,9-11H2,2H3,(H,22,25)/t13-/m1/s1. The summed E-state index contributed by atoms with van der Waals surface area (Å²) in [6.45, 7) is 5.97. The molecule has 1 saturated carbocycles. The molecule has 28 heavy (non-hydrogen) atoms. The summed E-state index contributed by atoms with van der Waals surface area (Å²) < 4.78 is 2.23. The molecular formula is C21H21N3O2S2. The summed E-state index contributed by atoms with van der Waals surface area (Å²) in [6.07, 6.45) is 3.77. The summed E-state index contributed by atoms with van der Waals surface area (Å²) in [4.78, 5) is 31.2. The SMILES string of the molecule is C=CCn1c(S[C@H](C)C(=O)NC2CC2)nc2cc(-c3ccccc3)sc2c1=O. The van der Waals surface area contributed by atoms with Crippen LogP contribution >= 0.6 is 23.1 Å². The molecule has 7 heteroatoms. The van der Waals surface area contributed by atoms with Crippen LogP contribution in [0.3, 0.4) is 0 Å². The molecule has 0 aliphatic heterocycles. The Hall–Kier alpha value is -2.38. The zero-order valence-electron chi connectivity index (χ0n) is 15.6. The minimum Gasteiger partial charge on any atom is -0.352 e. The molecular weight excluding hydrogens is 390 g/mol. The van der Waals surface area contributed by atoms with E-state index >= 15 is 0 Å². The molecule has 2 aromatic heterocycles. The Morgan fingerprint density at radius 2 is 2.18 bits per heavy atom. The lowest BCUT2D eigenvalue weighted by Gasteiger charge is -2.14. The van der Waals surface area contributed by atoms with Gasteiger partial charge in [0.05, 0.1) is 10.8 Å². The third-order valence-electron chi connectivity index (χ3n) is 4.54. The Bertz CT molecular complexity index is 1080. The highest BCUT2D eigenvalue weighted by Gasteiger charge is 2.27. The minimum atomic E-state index is -0.326. The van der Waals surface area contributed by atoms with Crippen LogP contribution in [0.1, 0.15) is 19.8 Å². The van der Waals surface area contributed by atoms with Gasteiger partial charge >= 0.3 is 0 Å². The fourth-order valence-corrected chi connectivity index (χ4v) is 4.85. The molecule has 144 valence electrons. The summed E-state index contributed by atoms with van der Waals surface area (Å²) in [5.41, 5.74) is 1.65. The van der Waals surface area contributed by atoms with E-state index in [9.17, 15) is 9.59 Å². The van der Waals surface area contributed by atoms with Gasteiger partial charge in [-0.05, 0) is 31.4 Å². The molecule has 3 aromatic rings. The molecule has 1 aromatic carbocycles. The Morgan fingerprint density at radius 3 is 2.86 bits per heavy atom. The topological polar surface area (TPSA) is 64.0 Å². The molecule has 2 heterocycles. The average Bonchev–Trinajstić information content (AvgIpc) is 3.41. The number of fused-ring (bicyclic) bond motifs is 1. The van der Waals surface area contributed by atoms with E-state index in [4.69, 9.17) is 4.98 Å². The van der Waals surface area contributed by atoms with Gasteiger partial charge in [0.15, 0.2) is 5.16 Å². The van der Waals surface area contributed by atoms with Gasteiger partial charge in [-0.25, -0.2) is 4.98 Å². The van der Waals surface area contributed by atoms with Crippen molar-refractivity contribution in [2.75, 3.05) is 0 Å². The molecule has 0 bridgehead atoms. The van der Waals surface area contributed by atoms with Crippen molar-refractivity contribution in [3.8, 4) is 10.4 Å². The fraction of sp³-hybridized carbons (Fsp3) is 0.286. The van der Waals surface area contributed by atoms with Crippen LogP contribution in [0, 0.1) is 0 Å². The van der Waals surface area contributed by atoms with Gasteiger partial charge in [-0.3, -0.25) is 14.2 Å². The summed E-state index contributed by atoms with van der Waals surface area (Å²) in [5, 5.41) is 3.23. The number of benzene rings is 1. The normalized spacial score (nSPS) is 14.8. The van der Waals surface area contributed by atoms with Crippen molar-refractivity contribution in [1.29, 1.82) is 0 Å². The fourth-order valence-electron chi connectivity index (χ4n) is 2.87. The zero-order chi connectivity index (χ0) is 19.7. The predicted molar refractivity (Wildman–Crippen MR) is 116 cm³/mol. The van der Waals surface area contributed by atoms with Crippen LogP contribution in [0.15, 0.2) is 59.0 Å². The lowest BCUT2D eigenvalue weighted by atomic mass is 10.2. The smallest absolute Gasteiger partial charge is 0.272 e. The third-order valence-corrected chi connectivity index (χ3v) is 6.80. The first-order valence-corrected chi connectivity index (χ1v) is 10.9. The van der Waals surface area contributed by atoms with E-state index in [0.717, 1.165) is 23.3 Å². The van der Waals surface area contributed by atoms with E-state index in [-0.39, 0.29) is 16.7 Å². The molecule has 1 amide bonds. The van der Waals surface area contributed by atoms with Crippen LogP contribution in [-0.2, 0) is 11.3 Å². The quantitative estimate of drug-likeness (QED) is 0.362. The second-order valence-corrected chi connectivity index (χ2v) is 9.19. The Balaban J connectivity index is 1.72. The lowest BCUT2D eigenvalue weighted by Crippen LogP contribution is -2.33. The van der Waals surface area contributed by atoms with Crippen molar-refractivity contribution >= 4 is 39.2 Å². The maximum absolute atomic E-state index is 13.1. The van der Waals surface area contributed by atoms with E-state index < -0.39 is 0 Å². The molecule has 1 atom stereocenters. The highest BCUT2D eigenvalue weighted by atomic mass is 32.2. The maximum Gasteiger partial charge on any atom is 0.272 e. The third kappa shape index (κ3) is 3.91. The average molecular weight is 412 g/mol. The number of nitrogens with one attached hydrogen (secondary N) is 1. The van der Waals surface area contributed by atoms with E-state index in [1.165, 1.54) is 23.1 Å². The number of amides is 1. The van der Waals surface area contributed by atoms with E-state index in [1.54, 1.807) is 10.6 Å². The van der Waals surface area contributed by atoms with E-state index in [0.29, 0.717) is 28.0 Å². The maximum atomic E-state index is 13.1. The summed E-state index contributed by atoms with van der Waals surface area (Å²) >= 11 is 2.77. The van der Waals surface area contributed by atoms with E-state index in [2.05, 4.69) is 11.9 Å². The molecule has 0 radical (unpaired) electrons.